The lowest BCUT2D eigenvalue weighted by Crippen LogP contribution is -2.49. The number of furan rings is 1. The molecule has 1 aromatic heterocycles. The molecule has 1 N–H and O–H groups in total. The Kier molecular flexibility index (Phi) is 2.94. The van der Waals surface area contributed by atoms with Gasteiger partial charge in [0.2, 0.25) is 0 Å². The zero-order chi connectivity index (χ0) is 26.0. The maximum Gasteiger partial charge on any atom is 0.330 e. The molecule has 0 saturated heterocycles. The van der Waals surface area contributed by atoms with Crippen molar-refractivity contribution in [2.45, 2.75) is 38.9 Å². The molecule has 28 heavy (non-hydrogen) atoms. The minimum Gasteiger partial charge on any atom is -0.456 e. The zero-order valence-electron chi connectivity index (χ0n) is 23.2. The second kappa shape index (κ2) is 6.80. The van der Waals surface area contributed by atoms with E-state index in [9.17, 15) is 5.11 Å². The summed E-state index contributed by atoms with van der Waals surface area (Å²) >= 11 is 0. The third-order valence-corrected chi connectivity index (χ3v) is 5.11. The summed E-state index contributed by atoms with van der Waals surface area (Å²) in [6.45, 7) is 6.85. The topological polar surface area (TPSA) is 42.6 Å². The van der Waals surface area contributed by atoms with Crippen molar-refractivity contribution >= 4 is 34.9 Å². The van der Waals surface area contributed by atoms with Gasteiger partial charge >= 0.3 is 7.48 Å². The molecule has 0 fully saturated rings. The number of hydrogen-bond donors (Lipinski definition) is 1. The lowest BCUT2D eigenvalue weighted by molar-refractivity contribution is -0.0893. The first kappa shape index (κ1) is 12.1. The van der Waals surface area contributed by atoms with Gasteiger partial charge in [0.1, 0.15) is 11.2 Å². The lowest BCUT2D eigenvalue weighted by Gasteiger charge is -2.37. The molecule has 141 valence electrons. The van der Waals surface area contributed by atoms with Gasteiger partial charge in [-0.3, -0.25) is 0 Å². The second-order valence-electron chi connectivity index (χ2n) is 7.69. The van der Waals surface area contributed by atoms with Crippen molar-refractivity contribution in [3.8, 4) is 11.1 Å². The van der Waals surface area contributed by atoms with E-state index >= 15 is 0 Å². The van der Waals surface area contributed by atoms with E-state index in [-0.39, 0.29) is 57.7 Å². The molecule has 0 aliphatic carbocycles. The molecular formula is C24H24BO3. The number of aliphatic hydroxyl groups is 1. The van der Waals surface area contributed by atoms with Gasteiger partial charge in [-0.1, -0.05) is 59.9 Å². The van der Waals surface area contributed by atoms with Crippen LogP contribution in [0.5, 0.6) is 0 Å². The van der Waals surface area contributed by atoms with E-state index in [1.54, 1.807) is 52.0 Å². The van der Waals surface area contributed by atoms with Crippen LogP contribution in [0.15, 0.2) is 71.0 Å². The largest absolute Gasteiger partial charge is 0.456 e. The Hall–Kier alpha value is -2.56. The third kappa shape index (κ3) is 3.34. The number of benzene rings is 3. The van der Waals surface area contributed by atoms with Gasteiger partial charge in [0, 0.05) is 10.8 Å². The standard InChI is InChI=1S/C24H24BO3/c1-23(2,26)24(3,4)28-25-17-14-12-16(13-15-17)18-9-7-11-21-22(18)19-8-5-6-10-20(19)27-21/h5-15,26H,1-4H3/i5D,6D,7D,8D,9D,10D,11D. The monoisotopic (exact) mass is 378 g/mol. The molecule has 0 aliphatic heterocycles. The van der Waals surface area contributed by atoms with E-state index in [0.717, 1.165) is 0 Å². The number of rotatable bonds is 5. The van der Waals surface area contributed by atoms with Crippen molar-refractivity contribution in [1.29, 1.82) is 0 Å². The molecule has 4 heteroatoms. The first-order valence-electron chi connectivity index (χ1n) is 12.4. The van der Waals surface area contributed by atoms with Crippen LogP contribution in [0.3, 0.4) is 0 Å². The molecule has 1 radical (unpaired) electrons. The first-order chi connectivity index (χ1) is 16.2. The maximum atomic E-state index is 10.3. The van der Waals surface area contributed by atoms with E-state index in [1.165, 1.54) is 7.48 Å². The highest BCUT2D eigenvalue weighted by Crippen LogP contribution is 2.36. The SMILES string of the molecule is [2H]c1c([2H])c([2H])c2c(oc3c([2H])c([2H])c([2H])c(-c4ccc([B]OC(C)(C)C(C)(C)O)cc4)c32)c1[2H]. The van der Waals surface area contributed by atoms with Crippen LogP contribution in [0.2, 0.25) is 0 Å². The van der Waals surface area contributed by atoms with E-state index in [1.807, 2.05) is 0 Å². The van der Waals surface area contributed by atoms with Crippen molar-refractivity contribution in [2.75, 3.05) is 0 Å². The molecule has 0 bridgehead atoms. The molecule has 4 rings (SSSR count). The minimum atomic E-state index is -1.08. The van der Waals surface area contributed by atoms with E-state index in [4.69, 9.17) is 18.7 Å². The van der Waals surface area contributed by atoms with Crippen LogP contribution in [-0.2, 0) is 4.65 Å². The van der Waals surface area contributed by atoms with Crippen molar-refractivity contribution in [3.63, 3.8) is 0 Å². The highest BCUT2D eigenvalue weighted by atomic mass is 16.5. The normalized spacial score (nSPS) is 16.1. The highest BCUT2D eigenvalue weighted by molar-refractivity contribution is 6.47. The molecule has 4 aromatic rings. The summed E-state index contributed by atoms with van der Waals surface area (Å²) < 4.78 is 69.3. The molecule has 3 aromatic carbocycles. The van der Waals surface area contributed by atoms with Crippen LogP contribution in [0, 0.1) is 0 Å². The lowest BCUT2D eigenvalue weighted by atomic mass is 9.82. The van der Waals surface area contributed by atoms with E-state index < -0.39 is 23.3 Å². The Labute approximate surface area is 176 Å². The first-order valence-corrected chi connectivity index (χ1v) is 8.93. The molecule has 0 spiro atoms. The fourth-order valence-corrected chi connectivity index (χ4v) is 2.66. The quantitative estimate of drug-likeness (QED) is 0.494. The van der Waals surface area contributed by atoms with Gasteiger partial charge in [-0.05, 0) is 50.9 Å². The van der Waals surface area contributed by atoms with Gasteiger partial charge in [0.25, 0.3) is 0 Å². The number of para-hydroxylation sites is 1. The fourth-order valence-electron chi connectivity index (χ4n) is 2.66. The molecule has 0 atom stereocenters. The average Bonchev–Trinajstić information content (AvgIpc) is 3.19. The van der Waals surface area contributed by atoms with Crippen LogP contribution in [0.4, 0.5) is 0 Å². The Balaban J connectivity index is 1.90. The summed E-state index contributed by atoms with van der Waals surface area (Å²) in [5.41, 5.74) is -0.658. The molecule has 3 nitrogen and oxygen atoms in total. The Morgan fingerprint density at radius 3 is 2.32 bits per heavy atom. The summed E-state index contributed by atoms with van der Waals surface area (Å²) in [4.78, 5) is 0. The van der Waals surface area contributed by atoms with Crippen LogP contribution in [0.25, 0.3) is 33.1 Å². The molecule has 0 unspecified atom stereocenters. The Morgan fingerprint density at radius 1 is 0.929 bits per heavy atom. The average molecular weight is 378 g/mol. The summed E-state index contributed by atoms with van der Waals surface area (Å²) in [7, 11) is 1.52. The van der Waals surface area contributed by atoms with E-state index in [0.29, 0.717) is 11.0 Å². The van der Waals surface area contributed by atoms with Crippen molar-refractivity contribution in [3.05, 3.63) is 66.6 Å². The van der Waals surface area contributed by atoms with Crippen LogP contribution in [-0.4, -0.2) is 23.8 Å². The summed E-state index contributed by atoms with van der Waals surface area (Å²) in [6, 6.07) is 4.30. The van der Waals surface area contributed by atoms with Gasteiger partial charge < -0.3 is 14.2 Å². The van der Waals surface area contributed by atoms with E-state index in [2.05, 4.69) is 0 Å². The highest BCUT2D eigenvalue weighted by Gasteiger charge is 2.35. The molecule has 0 saturated carbocycles. The van der Waals surface area contributed by atoms with Gasteiger partial charge in [0.05, 0.1) is 20.8 Å². The molecular weight excluding hydrogens is 347 g/mol. The number of fused-ring (bicyclic) bond motifs is 3. The predicted molar refractivity (Wildman–Crippen MR) is 116 cm³/mol. The molecule has 0 aliphatic rings. The Morgan fingerprint density at radius 2 is 1.61 bits per heavy atom. The van der Waals surface area contributed by atoms with Gasteiger partial charge in [-0.15, -0.1) is 0 Å². The Bertz CT molecular complexity index is 1470. The van der Waals surface area contributed by atoms with Gasteiger partial charge in [-0.25, -0.2) is 0 Å². The fraction of sp³-hybridized carbons (Fsp3) is 0.250. The minimum absolute atomic E-state index is 0.0612. The molecule has 0 amide bonds. The van der Waals surface area contributed by atoms with Crippen LogP contribution >= 0.6 is 0 Å². The van der Waals surface area contributed by atoms with Crippen molar-refractivity contribution in [2.24, 2.45) is 0 Å². The van der Waals surface area contributed by atoms with Gasteiger partial charge in [-0.2, -0.15) is 0 Å². The summed E-state index contributed by atoms with van der Waals surface area (Å²) in [5, 5.41) is 10.6. The van der Waals surface area contributed by atoms with Crippen molar-refractivity contribution in [1.82, 2.24) is 0 Å². The van der Waals surface area contributed by atoms with Gasteiger partial charge in [0.15, 0.2) is 0 Å². The zero-order valence-corrected chi connectivity index (χ0v) is 16.2. The van der Waals surface area contributed by atoms with Crippen LogP contribution < -0.4 is 5.46 Å². The summed E-state index contributed by atoms with van der Waals surface area (Å²) in [6.07, 6.45) is 0. The van der Waals surface area contributed by atoms with Crippen LogP contribution in [0.1, 0.15) is 37.3 Å². The predicted octanol–water partition coefficient (Wildman–Crippen LogP) is 5.06. The number of hydrogen-bond acceptors (Lipinski definition) is 3. The molecule has 1 heterocycles. The maximum absolute atomic E-state index is 10.3. The van der Waals surface area contributed by atoms with Crippen molar-refractivity contribution < 1.29 is 23.8 Å². The second-order valence-corrected chi connectivity index (χ2v) is 7.69. The summed E-state index contributed by atoms with van der Waals surface area (Å²) in [5.74, 6) is 0. The third-order valence-electron chi connectivity index (χ3n) is 5.11. The smallest absolute Gasteiger partial charge is 0.330 e.